The number of urea groups is 1. The summed E-state index contributed by atoms with van der Waals surface area (Å²) in [5.74, 6) is 0. The van der Waals surface area contributed by atoms with Gasteiger partial charge in [0, 0.05) is 30.4 Å². The molecule has 1 aliphatic heterocycles. The van der Waals surface area contributed by atoms with Gasteiger partial charge in [0.2, 0.25) is 0 Å². The first kappa shape index (κ1) is 15.2. The summed E-state index contributed by atoms with van der Waals surface area (Å²) in [5, 5.41) is 13.6. The van der Waals surface area contributed by atoms with Crippen LogP contribution in [0, 0.1) is 17.0 Å². The van der Waals surface area contributed by atoms with E-state index in [0.29, 0.717) is 30.9 Å². The number of rotatable bonds is 3. The molecule has 2 amide bonds. The van der Waals surface area contributed by atoms with Crippen LogP contribution < -0.4 is 5.32 Å². The lowest BCUT2D eigenvalue weighted by Crippen LogP contribution is -2.47. The van der Waals surface area contributed by atoms with Crippen LogP contribution in [0.15, 0.2) is 18.2 Å². The Morgan fingerprint density at radius 3 is 3.00 bits per heavy atom. The number of aryl methyl sites for hydroxylation is 1. The predicted molar refractivity (Wildman–Crippen MR) is 78.5 cm³/mol. The standard InChI is InChI=1S/C14H19N3O4/c1-3-12-9-16(6-7-21-12)14(18)15-11-5-4-10(2)13(8-11)17(19)20/h4-5,8,12H,3,6-7,9H2,1-2H3,(H,15,18). The minimum Gasteiger partial charge on any atom is -0.375 e. The lowest BCUT2D eigenvalue weighted by Gasteiger charge is -2.32. The van der Waals surface area contributed by atoms with E-state index in [0.717, 1.165) is 6.42 Å². The summed E-state index contributed by atoms with van der Waals surface area (Å²) in [4.78, 5) is 24.3. The Morgan fingerprint density at radius 2 is 2.33 bits per heavy atom. The summed E-state index contributed by atoms with van der Waals surface area (Å²) in [5.41, 5.74) is 0.994. The highest BCUT2D eigenvalue weighted by molar-refractivity contribution is 5.89. The van der Waals surface area contributed by atoms with Crippen molar-refractivity contribution < 1.29 is 14.5 Å². The number of nitrogens with zero attached hydrogens (tertiary/aromatic N) is 2. The lowest BCUT2D eigenvalue weighted by molar-refractivity contribution is -0.385. The molecule has 1 aromatic carbocycles. The summed E-state index contributed by atoms with van der Waals surface area (Å²) in [6.45, 7) is 5.25. The number of nitrogens with one attached hydrogen (secondary N) is 1. The zero-order valence-electron chi connectivity index (χ0n) is 12.2. The topological polar surface area (TPSA) is 84.7 Å². The zero-order chi connectivity index (χ0) is 15.4. The third kappa shape index (κ3) is 3.69. The summed E-state index contributed by atoms with van der Waals surface area (Å²) < 4.78 is 5.51. The fourth-order valence-electron chi connectivity index (χ4n) is 2.24. The van der Waals surface area contributed by atoms with Gasteiger partial charge >= 0.3 is 6.03 Å². The van der Waals surface area contributed by atoms with Crippen molar-refractivity contribution >= 4 is 17.4 Å². The average molecular weight is 293 g/mol. The number of amides is 2. The number of carbonyl (C=O) groups excluding carboxylic acids is 1. The summed E-state index contributed by atoms with van der Waals surface area (Å²) in [6, 6.07) is 4.42. The van der Waals surface area contributed by atoms with E-state index in [1.54, 1.807) is 24.0 Å². The number of carbonyl (C=O) groups is 1. The number of ether oxygens (including phenoxy) is 1. The second-order valence-corrected chi connectivity index (χ2v) is 5.04. The van der Waals surface area contributed by atoms with E-state index in [4.69, 9.17) is 4.74 Å². The van der Waals surface area contributed by atoms with Gasteiger partial charge in [0.15, 0.2) is 0 Å². The maximum atomic E-state index is 12.2. The zero-order valence-corrected chi connectivity index (χ0v) is 12.2. The molecule has 21 heavy (non-hydrogen) atoms. The van der Waals surface area contributed by atoms with E-state index in [-0.39, 0.29) is 17.8 Å². The first-order valence-electron chi connectivity index (χ1n) is 6.93. The molecule has 7 nitrogen and oxygen atoms in total. The Bertz CT molecular complexity index is 547. The third-order valence-electron chi connectivity index (χ3n) is 3.54. The molecular weight excluding hydrogens is 274 g/mol. The molecule has 0 saturated carbocycles. The van der Waals surface area contributed by atoms with Crippen molar-refractivity contribution in [2.75, 3.05) is 25.0 Å². The van der Waals surface area contributed by atoms with Gasteiger partial charge in [-0.3, -0.25) is 10.1 Å². The molecule has 1 heterocycles. The molecule has 1 aliphatic rings. The van der Waals surface area contributed by atoms with Gasteiger partial charge in [-0.15, -0.1) is 0 Å². The normalized spacial score (nSPS) is 18.4. The van der Waals surface area contributed by atoms with Crippen LogP contribution in [0.5, 0.6) is 0 Å². The van der Waals surface area contributed by atoms with E-state index < -0.39 is 4.92 Å². The molecule has 1 unspecified atom stereocenters. The molecule has 0 bridgehead atoms. The molecule has 0 aliphatic carbocycles. The number of nitro benzene ring substituents is 1. The van der Waals surface area contributed by atoms with Crippen molar-refractivity contribution in [1.29, 1.82) is 0 Å². The molecule has 0 spiro atoms. The summed E-state index contributed by atoms with van der Waals surface area (Å²) in [7, 11) is 0. The summed E-state index contributed by atoms with van der Waals surface area (Å²) in [6.07, 6.45) is 0.900. The van der Waals surface area contributed by atoms with Crippen LogP contribution in [-0.2, 0) is 4.74 Å². The van der Waals surface area contributed by atoms with Gasteiger partial charge in [-0.1, -0.05) is 13.0 Å². The predicted octanol–water partition coefficient (Wildman–Crippen LogP) is 2.55. The van der Waals surface area contributed by atoms with Crippen LogP contribution in [-0.4, -0.2) is 41.7 Å². The highest BCUT2D eigenvalue weighted by atomic mass is 16.6. The number of anilines is 1. The number of morpholine rings is 1. The Hall–Kier alpha value is -2.15. The van der Waals surface area contributed by atoms with Crippen LogP contribution >= 0.6 is 0 Å². The second-order valence-electron chi connectivity index (χ2n) is 5.04. The Balaban J connectivity index is 2.05. The summed E-state index contributed by atoms with van der Waals surface area (Å²) >= 11 is 0. The van der Waals surface area contributed by atoms with Gasteiger partial charge in [-0.2, -0.15) is 0 Å². The van der Waals surface area contributed by atoms with Crippen molar-refractivity contribution in [3.8, 4) is 0 Å². The largest absolute Gasteiger partial charge is 0.375 e. The SMILES string of the molecule is CCC1CN(C(=O)Nc2ccc(C)c([N+](=O)[O-])c2)CCO1. The average Bonchev–Trinajstić information content (AvgIpc) is 2.49. The van der Waals surface area contributed by atoms with Gasteiger partial charge in [0.05, 0.1) is 17.6 Å². The third-order valence-corrected chi connectivity index (χ3v) is 3.54. The van der Waals surface area contributed by atoms with Crippen molar-refractivity contribution in [1.82, 2.24) is 4.90 Å². The highest BCUT2D eigenvalue weighted by Crippen LogP contribution is 2.22. The molecule has 7 heteroatoms. The lowest BCUT2D eigenvalue weighted by atomic mass is 10.2. The Kier molecular flexibility index (Phi) is 4.74. The molecule has 1 atom stereocenters. The molecular formula is C14H19N3O4. The minimum atomic E-state index is -0.452. The number of nitro groups is 1. The minimum absolute atomic E-state index is 0.00112. The van der Waals surface area contributed by atoms with E-state index >= 15 is 0 Å². The van der Waals surface area contributed by atoms with Gasteiger partial charge in [-0.25, -0.2) is 4.79 Å². The highest BCUT2D eigenvalue weighted by Gasteiger charge is 2.23. The van der Waals surface area contributed by atoms with Crippen molar-refractivity contribution in [2.24, 2.45) is 0 Å². The van der Waals surface area contributed by atoms with Crippen LogP contribution in [0.3, 0.4) is 0 Å². The molecule has 0 radical (unpaired) electrons. The van der Waals surface area contributed by atoms with Crippen molar-refractivity contribution in [2.45, 2.75) is 26.4 Å². The van der Waals surface area contributed by atoms with Gasteiger partial charge in [0.25, 0.3) is 5.69 Å². The number of hydrogen-bond acceptors (Lipinski definition) is 4. The van der Waals surface area contributed by atoms with Crippen LogP contribution in [0.4, 0.5) is 16.2 Å². The molecule has 2 rings (SSSR count). The van der Waals surface area contributed by atoms with E-state index in [1.165, 1.54) is 6.07 Å². The molecule has 1 saturated heterocycles. The molecule has 1 fully saturated rings. The Morgan fingerprint density at radius 1 is 1.57 bits per heavy atom. The number of hydrogen-bond donors (Lipinski definition) is 1. The van der Waals surface area contributed by atoms with E-state index in [1.807, 2.05) is 6.92 Å². The Labute approximate surface area is 123 Å². The smallest absolute Gasteiger partial charge is 0.322 e. The van der Waals surface area contributed by atoms with Gasteiger partial charge in [0.1, 0.15) is 0 Å². The van der Waals surface area contributed by atoms with Crippen LogP contribution in [0.25, 0.3) is 0 Å². The van der Waals surface area contributed by atoms with E-state index in [9.17, 15) is 14.9 Å². The van der Waals surface area contributed by atoms with Crippen LogP contribution in [0.2, 0.25) is 0 Å². The molecule has 1 aromatic rings. The molecule has 0 aromatic heterocycles. The fraction of sp³-hybridized carbons (Fsp3) is 0.500. The quantitative estimate of drug-likeness (QED) is 0.685. The molecule has 1 N–H and O–H groups in total. The number of benzene rings is 1. The molecule has 114 valence electrons. The van der Waals surface area contributed by atoms with E-state index in [2.05, 4.69) is 5.32 Å². The fourth-order valence-corrected chi connectivity index (χ4v) is 2.24. The first-order valence-corrected chi connectivity index (χ1v) is 6.93. The monoisotopic (exact) mass is 293 g/mol. The maximum absolute atomic E-state index is 12.2. The van der Waals surface area contributed by atoms with Gasteiger partial charge in [-0.05, 0) is 19.4 Å². The first-order chi connectivity index (χ1) is 10.0. The van der Waals surface area contributed by atoms with Crippen molar-refractivity contribution in [3.63, 3.8) is 0 Å². The maximum Gasteiger partial charge on any atom is 0.322 e. The van der Waals surface area contributed by atoms with Crippen LogP contribution in [0.1, 0.15) is 18.9 Å². The van der Waals surface area contributed by atoms with Crippen molar-refractivity contribution in [3.05, 3.63) is 33.9 Å². The van der Waals surface area contributed by atoms with Gasteiger partial charge < -0.3 is 15.0 Å². The second kappa shape index (κ2) is 6.53.